The number of rotatable bonds is 5. The largest absolute Gasteiger partial charge is 0.493 e. The molecule has 2 fully saturated rings. The molecule has 0 amide bonds. The summed E-state index contributed by atoms with van der Waals surface area (Å²) in [5.41, 5.74) is 0.563. The topological polar surface area (TPSA) is 47.9 Å². The Morgan fingerprint density at radius 3 is 2.55 bits per heavy atom. The van der Waals surface area contributed by atoms with E-state index in [9.17, 15) is 4.79 Å². The van der Waals surface area contributed by atoms with E-state index in [4.69, 9.17) is 9.47 Å². The second-order valence-electron chi connectivity index (χ2n) is 6.10. The first-order chi connectivity index (χ1) is 10.7. The average Bonchev–Trinajstić information content (AvgIpc) is 2.98. The maximum absolute atomic E-state index is 10.8. The number of benzene rings is 1. The van der Waals surface area contributed by atoms with Gasteiger partial charge in [-0.15, -0.1) is 0 Å². The molecule has 4 nitrogen and oxygen atoms in total. The summed E-state index contributed by atoms with van der Waals surface area (Å²) in [5.74, 6) is 1.45. The van der Waals surface area contributed by atoms with Gasteiger partial charge in [0.1, 0.15) is 0 Å². The van der Waals surface area contributed by atoms with Crippen LogP contribution in [0.4, 0.5) is 0 Å². The molecule has 0 N–H and O–H groups in total. The monoisotopic (exact) mass is 365 g/mol. The molecule has 1 aromatic carbocycles. The van der Waals surface area contributed by atoms with Crippen LogP contribution in [0.5, 0.6) is 11.5 Å². The number of isocyanates is 1. The highest BCUT2D eigenvalue weighted by Gasteiger charge is 2.40. The van der Waals surface area contributed by atoms with Crippen molar-refractivity contribution < 1.29 is 14.3 Å². The number of hydrogen-bond donors (Lipinski definition) is 0. The van der Waals surface area contributed by atoms with Crippen molar-refractivity contribution in [1.29, 1.82) is 0 Å². The molecule has 0 saturated heterocycles. The predicted octanol–water partition coefficient (Wildman–Crippen LogP) is 4.49. The molecular weight excluding hydrogens is 346 g/mol. The maximum Gasteiger partial charge on any atom is 0.235 e. The Morgan fingerprint density at radius 1 is 1.27 bits per heavy atom. The first kappa shape index (κ1) is 15.6. The molecule has 5 heteroatoms. The molecule has 3 rings (SSSR count). The van der Waals surface area contributed by atoms with Crippen molar-refractivity contribution in [2.75, 3.05) is 7.11 Å². The molecule has 1 aromatic rings. The summed E-state index contributed by atoms with van der Waals surface area (Å²) < 4.78 is 12.5. The molecular formula is C17H20BrNO3. The van der Waals surface area contributed by atoms with Crippen LogP contribution < -0.4 is 9.47 Å². The molecule has 0 aliphatic heterocycles. The third-order valence-electron chi connectivity index (χ3n) is 4.79. The third-order valence-corrected chi connectivity index (χ3v) is 5.38. The molecule has 2 aliphatic rings. The van der Waals surface area contributed by atoms with Gasteiger partial charge in [0.25, 0.3) is 0 Å². The highest BCUT2D eigenvalue weighted by atomic mass is 79.9. The lowest BCUT2D eigenvalue weighted by Crippen LogP contribution is -2.32. The van der Waals surface area contributed by atoms with E-state index in [-0.39, 0.29) is 6.10 Å². The minimum absolute atomic E-state index is 0.265. The lowest BCUT2D eigenvalue weighted by atomic mass is 9.72. The average molecular weight is 366 g/mol. The van der Waals surface area contributed by atoms with E-state index in [1.807, 2.05) is 12.1 Å². The van der Waals surface area contributed by atoms with E-state index < -0.39 is 5.54 Å². The van der Waals surface area contributed by atoms with Crippen LogP contribution >= 0.6 is 15.9 Å². The minimum atomic E-state index is -0.427. The molecule has 0 unspecified atom stereocenters. The van der Waals surface area contributed by atoms with E-state index in [0.717, 1.165) is 47.9 Å². The summed E-state index contributed by atoms with van der Waals surface area (Å²) in [6.07, 6.45) is 9.45. The van der Waals surface area contributed by atoms with Crippen molar-refractivity contribution in [2.24, 2.45) is 4.99 Å². The standard InChI is InChI=1S/C17H20BrNO3/c1-21-15-10-12(17(19-11-20)7-4-8-17)9-14(18)16(15)22-13-5-2-3-6-13/h9-10,13H,2-8H2,1H3. The summed E-state index contributed by atoms with van der Waals surface area (Å²) in [5, 5.41) is 0. The third kappa shape index (κ3) is 2.80. The molecule has 0 heterocycles. The van der Waals surface area contributed by atoms with Gasteiger partial charge in [0.2, 0.25) is 6.08 Å². The quantitative estimate of drug-likeness (QED) is 0.570. The Bertz CT molecular complexity index is 600. The number of aliphatic imine (C=N–C) groups is 1. The van der Waals surface area contributed by atoms with Crippen molar-refractivity contribution >= 4 is 22.0 Å². The van der Waals surface area contributed by atoms with E-state index in [1.165, 1.54) is 12.8 Å². The predicted molar refractivity (Wildman–Crippen MR) is 87.2 cm³/mol. The van der Waals surface area contributed by atoms with Crippen LogP contribution in [0.2, 0.25) is 0 Å². The summed E-state index contributed by atoms with van der Waals surface area (Å²) in [4.78, 5) is 14.8. The fourth-order valence-electron chi connectivity index (χ4n) is 3.34. The Hall–Kier alpha value is -1.32. The summed E-state index contributed by atoms with van der Waals surface area (Å²) in [7, 11) is 1.64. The summed E-state index contributed by atoms with van der Waals surface area (Å²) in [6.45, 7) is 0. The van der Waals surface area contributed by atoms with E-state index in [1.54, 1.807) is 13.2 Å². The second-order valence-corrected chi connectivity index (χ2v) is 6.96. The molecule has 0 spiro atoms. The zero-order valence-corrected chi connectivity index (χ0v) is 14.3. The molecule has 0 bridgehead atoms. The van der Waals surface area contributed by atoms with Crippen molar-refractivity contribution in [1.82, 2.24) is 0 Å². The number of carbonyl (C=O) groups excluding carboxylic acids is 1. The van der Waals surface area contributed by atoms with Crippen LogP contribution in [0.1, 0.15) is 50.5 Å². The molecule has 22 heavy (non-hydrogen) atoms. The number of nitrogens with zero attached hydrogens (tertiary/aromatic N) is 1. The Kier molecular flexibility index (Phi) is 4.55. The Balaban J connectivity index is 1.94. The van der Waals surface area contributed by atoms with E-state index in [2.05, 4.69) is 20.9 Å². The lowest BCUT2D eigenvalue weighted by Gasteiger charge is -2.37. The van der Waals surface area contributed by atoms with Gasteiger partial charge >= 0.3 is 0 Å². The Morgan fingerprint density at radius 2 is 2.00 bits per heavy atom. The smallest absolute Gasteiger partial charge is 0.235 e. The fraction of sp³-hybridized carbons (Fsp3) is 0.588. The van der Waals surface area contributed by atoms with Gasteiger partial charge in [0.15, 0.2) is 11.5 Å². The van der Waals surface area contributed by atoms with Crippen LogP contribution in [0.3, 0.4) is 0 Å². The van der Waals surface area contributed by atoms with Crippen LogP contribution in [0, 0.1) is 0 Å². The summed E-state index contributed by atoms with van der Waals surface area (Å²) >= 11 is 3.60. The second kappa shape index (κ2) is 6.43. The fourth-order valence-corrected chi connectivity index (χ4v) is 3.88. The molecule has 0 aromatic heterocycles. The number of hydrogen-bond acceptors (Lipinski definition) is 4. The number of halogens is 1. The zero-order valence-electron chi connectivity index (χ0n) is 12.7. The highest BCUT2D eigenvalue weighted by molar-refractivity contribution is 9.10. The molecule has 2 saturated carbocycles. The van der Waals surface area contributed by atoms with E-state index in [0.29, 0.717) is 5.75 Å². The van der Waals surface area contributed by atoms with Crippen molar-refractivity contribution in [2.45, 2.75) is 56.6 Å². The van der Waals surface area contributed by atoms with Gasteiger partial charge in [-0.05, 0) is 78.6 Å². The number of methoxy groups -OCH3 is 1. The van der Waals surface area contributed by atoms with Crippen LogP contribution in [0.25, 0.3) is 0 Å². The Labute approximate surface area is 139 Å². The molecule has 0 radical (unpaired) electrons. The molecule has 0 atom stereocenters. The maximum atomic E-state index is 10.8. The van der Waals surface area contributed by atoms with Crippen molar-refractivity contribution in [3.05, 3.63) is 22.2 Å². The van der Waals surface area contributed by atoms with Crippen LogP contribution in [-0.4, -0.2) is 19.3 Å². The van der Waals surface area contributed by atoms with Gasteiger partial charge < -0.3 is 9.47 Å². The van der Waals surface area contributed by atoms with Crippen LogP contribution in [0.15, 0.2) is 21.6 Å². The van der Waals surface area contributed by atoms with Crippen LogP contribution in [-0.2, 0) is 10.3 Å². The van der Waals surface area contributed by atoms with Crippen molar-refractivity contribution in [3.63, 3.8) is 0 Å². The van der Waals surface area contributed by atoms with Gasteiger partial charge in [0, 0.05) is 0 Å². The van der Waals surface area contributed by atoms with Crippen molar-refractivity contribution in [3.8, 4) is 11.5 Å². The molecule has 118 valence electrons. The SMILES string of the molecule is COc1cc(C2(N=C=O)CCC2)cc(Br)c1OC1CCCC1. The van der Waals surface area contributed by atoms with Gasteiger partial charge in [-0.25, -0.2) is 4.79 Å². The first-order valence-corrected chi connectivity index (χ1v) is 8.61. The van der Waals surface area contributed by atoms with Gasteiger partial charge in [-0.3, -0.25) is 0 Å². The normalized spacial score (nSPS) is 20.1. The first-order valence-electron chi connectivity index (χ1n) is 7.82. The summed E-state index contributed by atoms with van der Waals surface area (Å²) in [6, 6.07) is 3.96. The molecule has 2 aliphatic carbocycles. The van der Waals surface area contributed by atoms with Gasteiger partial charge in [0.05, 0.1) is 23.2 Å². The zero-order chi connectivity index (χ0) is 15.6. The van der Waals surface area contributed by atoms with E-state index >= 15 is 0 Å². The number of ether oxygens (including phenoxy) is 2. The lowest BCUT2D eigenvalue weighted by molar-refractivity contribution is 0.198. The minimum Gasteiger partial charge on any atom is -0.493 e. The van der Waals surface area contributed by atoms with Gasteiger partial charge in [-0.1, -0.05) is 0 Å². The van der Waals surface area contributed by atoms with Gasteiger partial charge in [-0.2, -0.15) is 4.99 Å². The highest BCUT2D eigenvalue weighted by Crippen LogP contribution is 2.49.